The van der Waals surface area contributed by atoms with Crippen molar-refractivity contribution in [3.63, 3.8) is 0 Å². The summed E-state index contributed by atoms with van der Waals surface area (Å²) in [5, 5.41) is 13.7. The number of furan rings is 1. The van der Waals surface area contributed by atoms with E-state index in [-0.39, 0.29) is 34.9 Å². The monoisotopic (exact) mass is 486 g/mol. The number of hydrogen-bond donors (Lipinski definition) is 1. The number of hydrogen-bond acceptors (Lipinski definition) is 6. The van der Waals surface area contributed by atoms with Crippen molar-refractivity contribution in [2.24, 2.45) is 0 Å². The lowest BCUT2D eigenvalue weighted by atomic mass is 9.78. The molecular weight excluding hydrogens is 460 g/mol. The lowest BCUT2D eigenvalue weighted by Gasteiger charge is -2.26. The van der Waals surface area contributed by atoms with Gasteiger partial charge in [-0.15, -0.1) is 0 Å². The molecule has 8 nitrogen and oxygen atoms in total. The SMILES string of the molecule is COc1cc(NC(=O)c2ccc(COc3ccc(C(C)(C)c4ccccc4)cc3)o2)cc([N+](=O)[O-])c1. The second-order valence-corrected chi connectivity index (χ2v) is 8.70. The molecule has 0 fully saturated rings. The number of amides is 1. The molecule has 184 valence electrons. The highest BCUT2D eigenvalue weighted by molar-refractivity contribution is 6.02. The third-order valence-corrected chi connectivity index (χ3v) is 5.93. The van der Waals surface area contributed by atoms with Crippen molar-refractivity contribution in [3.05, 3.63) is 118 Å². The van der Waals surface area contributed by atoms with E-state index in [2.05, 4.69) is 31.3 Å². The van der Waals surface area contributed by atoms with Gasteiger partial charge in [0, 0.05) is 17.5 Å². The lowest BCUT2D eigenvalue weighted by Crippen LogP contribution is -2.18. The number of nitro benzene ring substituents is 1. The average molecular weight is 487 g/mol. The van der Waals surface area contributed by atoms with E-state index in [4.69, 9.17) is 13.9 Å². The Kier molecular flexibility index (Phi) is 7.05. The van der Waals surface area contributed by atoms with E-state index in [0.29, 0.717) is 11.5 Å². The predicted octanol–water partition coefficient (Wildman–Crippen LogP) is 6.35. The molecule has 0 bridgehead atoms. The van der Waals surface area contributed by atoms with Gasteiger partial charge < -0.3 is 19.2 Å². The fraction of sp³-hybridized carbons (Fsp3) is 0.179. The summed E-state index contributed by atoms with van der Waals surface area (Å²) < 4.78 is 16.5. The molecule has 0 spiro atoms. The van der Waals surface area contributed by atoms with E-state index in [9.17, 15) is 14.9 Å². The summed E-state index contributed by atoms with van der Waals surface area (Å²) in [5.41, 5.74) is 2.27. The fourth-order valence-corrected chi connectivity index (χ4v) is 3.79. The highest BCUT2D eigenvalue weighted by atomic mass is 16.6. The van der Waals surface area contributed by atoms with Gasteiger partial charge in [0.15, 0.2) is 5.76 Å². The number of nitrogens with zero attached hydrogens (tertiary/aromatic N) is 1. The third kappa shape index (κ3) is 5.55. The van der Waals surface area contributed by atoms with Crippen molar-refractivity contribution in [1.82, 2.24) is 0 Å². The summed E-state index contributed by atoms with van der Waals surface area (Å²) in [6.07, 6.45) is 0. The summed E-state index contributed by atoms with van der Waals surface area (Å²) in [6.45, 7) is 4.49. The Labute approximate surface area is 208 Å². The van der Waals surface area contributed by atoms with Crippen molar-refractivity contribution >= 4 is 17.3 Å². The number of methoxy groups -OCH3 is 1. The summed E-state index contributed by atoms with van der Waals surface area (Å²) in [5.74, 6) is 0.903. The molecule has 1 amide bonds. The van der Waals surface area contributed by atoms with Crippen LogP contribution in [-0.2, 0) is 12.0 Å². The number of anilines is 1. The number of carbonyl (C=O) groups excluding carboxylic acids is 1. The van der Waals surface area contributed by atoms with E-state index in [0.717, 1.165) is 5.56 Å². The molecule has 0 aliphatic rings. The van der Waals surface area contributed by atoms with Gasteiger partial charge in [0.2, 0.25) is 0 Å². The average Bonchev–Trinajstić information content (AvgIpc) is 3.37. The van der Waals surface area contributed by atoms with Gasteiger partial charge in [-0.3, -0.25) is 14.9 Å². The van der Waals surface area contributed by atoms with Crippen LogP contribution in [0.5, 0.6) is 11.5 Å². The van der Waals surface area contributed by atoms with Crippen LogP contribution in [0.2, 0.25) is 0 Å². The first-order valence-electron chi connectivity index (χ1n) is 11.3. The van der Waals surface area contributed by atoms with Crippen LogP contribution in [0.15, 0.2) is 89.3 Å². The zero-order chi connectivity index (χ0) is 25.7. The second kappa shape index (κ2) is 10.4. The van der Waals surface area contributed by atoms with Crippen LogP contribution in [0.25, 0.3) is 0 Å². The summed E-state index contributed by atoms with van der Waals surface area (Å²) in [7, 11) is 1.39. The predicted molar refractivity (Wildman–Crippen MR) is 136 cm³/mol. The summed E-state index contributed by atoms with van der Waals surface area (Å²) >= 11 is 0. The molecule has 0 radical (unpaired) electrons. The topological polar surface area (TPSA) is 104 Å². The number of ether oxygens (including phenoxy) is 2. The number of nitro groups is 1. The first-order valence-corrected chi connectivity index (χ1v) is 11.3. The highest BCUT2D eigenvalue weighted by Crippen LogP contribution is 2.32. The molecule has 4 aromatic rings. The van der Waals surface area contributed by atoms with Crippen molar-refractivity contribution in [1.29, 1.82) is 0 Å². The van der Waals surface area contributed by atoms with Gasteiger partial charge in [-0.05, 0) is 35.4 Å². The van der Waals surface area contributed by atoms with Crippen LogP contribution in [-0.4, -0.2) is 17.9 Å². The first kappa shape index (κ1) is 24.5. The van der Waals surface area contributed by atoms with Crippen LogP contribution in [0.3, 0.4) is 0 Å². The molecule has 0 aliphatic carbocycles. The molecule has 4 rings (SSSR count). The molecular formula is C28H26N2O6. The van der Waals surface area contributed by atoms with Gasteiger partial charge in [-0.1, -0.05) is 56.3 Å². The van der Waals surface area contributed by atoms with Crippen molar-refractivity contribution < 1.29 is 23.6 Å². The maximum Gasteiger partial charge on any atom is 0.291 e. The molecule has 1 heterocycles. The number of benzene rings is 3. The number of rotatable bonds is 9. The Bertz CT molecular complexity index is 1360. The van der Waals surface area contributed by atoms with Gasteiger partial charge in [0.05, 0.1) is 23.8 Å². The number of non-ortho nitro benzene ring substituents is 1. The van der Waals surface area contributed by atoms with Crippen LogP contribution < -0.4 is 14.8 Å². The van der Waals surface area contributed by atoms with E-state index >= 15 is 0 Å². The maximum absolute atomic E-state index is 12.6. The Morgan fingerprint density at radius 3 is 2.31 bits per heavy atom. The highest BCUT2D eigenvalue weighted by Gasteiger charge is 2.22. The van der Waals surface area contributed by atoms with Gasteiger partial charge >= 0.3 is 0 Å². The van der Waals surface area contributed by atoms with Crippen molar-refractivity contribution in [2.45, 2.75) is 25.9 Å². The smallest absolute Gasteiger partial charge is 0.291 e. The summed E-state index contributed by atoms with van der Waals surface area (Å²) in [6, 6.07) is 25.4. The zero-order valence-electron chi connectivity index (χ0n) is 20.2. The molecule has 0 aliphatic heterocycles. The minimum atomic E-state index is -0.560. The molecule has 0 saturated heterocycles. The molecule has 8 heteroatoms. The van der Waals surface area contributed by atoms with Crippen LogP contribution in [0, 0.1) is 10.1 Å². The maximum atomic E-state index is 12.6. The second-order valence-electron chi connectivity index (χ2n) is 8.70. The minimum Gasteiger partial charge on any atom is -0.496 e. The molecule has 0 saturated carbocycles. The van der Waals surface area contributed by atoms with Crippen LogP contribution >= 0.6 is 0 Å². The Balaban J connectivity index is 1.38. The molecule has 36 heavy (non-hydrogen) atoms. The number of carbonyl (C=O) groups is 1. The Morgan fingerprint density at radius 2 is 1.64 bits per heavy atom. The van der Waals surface area contributed by atoms with Crippen LogP contribution in [0.4, 0.5) is 11.4 Å². The van der Waals surface area contributed by atoms with Gasteiger partial charge in [-0.25, -0.2) is 0 Å². The van der Waals surface area contributed by atoms with E-state index in [1.165, 1.54) is 36.9 Å². The lowest BCUT2D eigenvalue weighted by molar-refractivity contribution is -0.384. The fourth-order valence-electron chi connectivity index (χ4n) is 3.79. The van der Waals surface area contributed by atoms with Gasteiger partial charge in [0.25, 0.3) is 11.6 Å². The first-order chi connectivity index (χ1) is 17.3. The molecule has 3 aromatic carbocycles. The van der Waals surface area contributed by atoms with E-state index in [1.807, 2.05) is 42.5 Å². The summed E-state index contributed by atoms with van der Waals surface area (Å²) in [4.78, 5) is 23.1. The minimum absolute atomic E-state index is 0.0547. The van der Waals surface area contributed by atoms with Crippen molar-refractivity contribution in [2.75, 3.05) is 12.4 Å². The quantitative estimate of drug-likeness (QED) is 0.218. The normalized spacial score (nSPS) is 11.1. The zero-order valence-corrected chi connectivity index (χ0v) is 20.2. The molecule has 0 atom stereocenters. The van der Waals surface area contributed by atoms with Gasteiger partial charge in [0.1, 0.15) is 23.9 Å². The van der Waals surface area contributed by atoms with Crippen molar-refractivity contribution in [3.8, 4) is 11.5 Å². The largest absolute Gasteiger partial charge is 0.496 e. The standard InChI is InChI=1S/C28H26N2O6/c1-28(2,19-7-5-4-6-8-19)20-9-11-23(12-10-20)35-18-24-13-14-26(36-24)27(31)29-21-15-22(30(32)33)17-25(16-21)34-3/h4-17H,18H2,1-3H3,(H,29,31). The Morgan fingerprint density at radius 1 is 0.944 bits per heavy atom. The molecule has 1 aromatic heterocycles. The van der Waals surface area contributed by atoms with Gasteiger partial charge in [-0.2, -0.15) is 0 Å². The Hall–Kier alpha value is -4.59. The molecule has 1 N–H and O–H groups in total. The molecule has 0 unspecified atom stereocenters. The number of nitrogens with one attached hydrogen (secondary N) is 1. The van der Waals surface area contributed by atoms with Crippen LogP contribution in [0.1, 0.15) is 41.3 Å². The third-order valence-electron chi connectivity index (χ3n) is 5.93. The van der Waals surface area contributed by atoms with E-state index in [1.54, 1.807) is 6.07 Å². The van der Waals surface area contributed by atoms with E-state index < -0.39 is 10.8 Å².